The number of fused-ring (bicyclic) bond motifs is 5. The molecule has 192 valence electrons. The maximum Gasteiger partial charge on any atom is 0.240 e. The highest BCUT2D eigenvalue weighted by atomic mass is 32.2. The van der Waals surface area contributed by atoms with E-state index in [0.29, 0.717) is 40.0 Å². The predicted octanol–water partition coefficient (Wildman–Crippen LogP) is 4.22. The van der Waals surface area contributed by atoms with E-state index in [1.165, 1.54) is 30.7 Å². The Morgan fingerprint density at radius 1 is 0.694 bits per heavy atom. The minimum absolute atomic E-state index is 0.0393. The van der Waals surface area contributed by atoms with Crippen LogP contribution in [0.15, 0.2) is 46.2 Å². The van der Waals surface area contributed by atoms with Crippen LogP contribution >= 0.6 is 0 Å². The van der Waals surface area contributed by atoms with Crippen molar-refractivity contribution < 1.29 is 21.6 Å². The van der Waals surface area contributed by atoms with Crippen LogP contribution in [0.25, 0.3) is 11.1 Å². The van der Waals surface area contributed by atoms with Gasteiger partial charge in [0.2, 0.25) is 20.0 Å². The van der Waals surface area contributed by atoms with Gasteiger partial charge in [0.15, 0.2) is 5.78 Å². The van der Waals surface area contributed by atoms with Crippen LogP contribution in [0.2, 0.25) is 0 Å². The fourth-order valence-corrected chi connectivity index (χ4v) is 9.37. The first-order chi connectivity index (χ1) is 17.1. The molecule has 3 atom stereocenters. The van der Waals surface area contributed by atoms with Crippen molar-refractivity contribution in [3.05, 3.63) is 47.5 Å². The van der Waals surface area contributed by atoms with Gasteiger partial charge >= 0.3 is 0 Å². The first-order valence-electron chi connectivity index (χ1n) is 13.0. The van der Waals surface area contributed by atoms with Gasteiger partial charge in [-0.2, -0.15) is 0 Å². The number of benzene rings is 2. The van der Waals surface area contributed by atoms with Crippen molar-refractivity contribution in [2.24, 2.45) is 17.8 Å². The molecule has 2 aromatic carbocycles. The lowest BCUT2D eigenvalue weighted by atomic mass is 9.88. The van der Waals surface area contributed by atoms with Crippen LogP contribution in [0.4, 0.5) is 0 Å². The van der Waals surface area contributed by atoms with Gasteiger partial charge in [-0.1, -0.05) is 25.5 Å². The number of nitrogens with one attached hydrogen (secondary N) is 2. The summed E-state index contributed by atoms with van der Waals surface area (Å²) in [7, 11) is -7.53. The molecule has 0 amide bonds. The van der Waals surface area contributed by atoms with Gasteiger partial charge in [0.05, 0.1) is 9.79 Å². The van der Waals surface area contributed by atoms with Gasteiger partial charge in [-0.05, 0) is 98.1 Å². The molecule has 0 heterocycles. The fraction of sp³-hybridized carbons (Fsp3) is 0.519. The van der Waals surface area contributed by atoms with Crippen molar-refractivity contribution in [3.8, 4) is 11.1 Å². The van der Waals surface area contributed by atoms with Crippen molar-refractivity contribution >= 4 is 25.8 Å². The lowest BCUT2D eigenvalue weighted by molar-refractivity contribution is 0.104. The second-order valence-electron chi connectivity index (χ2n) is 11.2. The van der Waals surface area contributed by atoms with Crippen LogP contribution in [-0.2, 0) is 20.0 Å². The van der Waals surface area contributed by atoms with Crippen molar-refractivity contribution in [1.29, 1.82) is 0 Å². The predicted molar refractivity (Wildman–Crippen MR) is 137 cm³/mol. The van der Waals surface area contributed by atoms with E-state index in [0.717, 1.165) is 44.9 Å². The first-order valence-corrected chi connectivity index (χ1v) is 16.0. The average Bonchev–Trinajstić information content (AvgIpc) is 3.54. The summed E-state index contributed by atoms with van der Waals surface area (Å²) in [5, 5.41) is 0. The molecule has 0 spiro atoms. The molecule has 0 aliphatic heterocycles. The molecule has 0 aromatic heterocycles. The number of carbonyl (C=O) groups excluding carboxylic acids is 1. The van der Waals surface area contributed by atoms with Gasteiger partial charge in [0.25, 0.3) is 0 Å². The molecule has 2 N–H and O–H groups in total. The summed E-state index contributed by atoms with van der Waals surface area (Å²) >= 11 is 0. The van der Waals surface area contributed by atoms with Crippen LogP contribution in [0.5, 0.6) is 0 Å². The Kier molecular flexibility index (Phi) is 5.90. The number of sulfonamides is 2. The lowest BCUT2D eigenvalue weighted by Gasteiger charge is -2.26. The first kappa shape index (κ1) is 24.3. The van der Waals surface area contributed by atoms with Gasteiger partial charge in [0.1, 0.15) is 0 Å². The zero-order chi connectivity index (χ0) is 25.2. The Balaban J connectivity index is 1.24. The Morgan fingerprint density at radius 2 is 1.28 bits per heavy atom. The number of rotatable bonds is 6. The summed E-state index contributed by atoms with van der Waals surface area (Å²) in [6.07, 6.45) is 7.82. The standard InChI is InChI=1S/C27H32N2O5S2/c1-16-2-6-19(7-3-16)28-35(31,32)20-8-10-22-23-11-9-21(15-25(23)27(30)24(22)14-20)36(33,34)29-26-13-17-4-5-18(26)12-17/h8-11,14-19,26,28-29H,2-7,12-13H2,1H3. The number of hydrogen-bond acceptors (Lipinski definition) is 5. The highest BCUT2D eigenvalue weighted by Gasteiger charge is 2.41. The van der Waals surface area contributed by atoms with E-state index in [1.807, 2.05) is 0 Å². The molecule has 0 saturated heterocycles. The van der Waals surface area contributed by atoms with Gasteiger partial charge in [-0.15, -0.1) is 0 Å². The van der Waals surface area contributed by atoms with E-state index >= 15 is 0 Å². The molecule has 3 saturated carbocycles. The molecule has 4 aliphatic rings. The SMILES string of the molecule is CC1CCC(NS(=O)(=O)c2ccc3c(c2)C(=O)c2cc(S(=O)(=O)NC4CC5CCC4C5)ccc2-3)CC1. The molecule has 3 unspecified atom stereocenters. The van der Waals surface area contributed by atoms with Crippen molar-refractivity contribution in [3.63, 3.8) is 0 Å². The van der Waals surface area contributed by atoms with E-state index in [1.54, 1.807) is 12.1 Å². The molecule has 3 fully saturated rings. The molecule has 6 rings (SSSR count). The van der Waals surface area contributed by atoms with Crippen LogP contribution in [-0.4, -0.2) is 34.7 Å². The zero-order valence-corrected chi connectivity index (χ0v) is 22.0. The second kappa shape index (κ2) is 8.75. The summed E-state index contributed by atoms with van der Waals surface area (Å²) in [6, 6.07) is 9.09. The Labute approximate surface area is 213 Å². The van der Waals surface area contributed by atoms with Crippen molar-refractivity contribution in [1.82, 2.24) is 9.44 Å². The summed E-state index contributed by atoms with van der Waals surface area (Å²) in [6.45, 7) is 2.18. The average molecular weight is 529 g/mol. The van der Waals surface area contributed by atoms with Crippen LogP contribution in [0, 0.1) is 17.8 Å². The lowest BCUT2D eigenvalue weighted by Crippen LogP contribution is -2.38. The largest absolute Gasteiger partial charge is 0.289 e. The maximum atomic E-state index is 13.3. The molecule has 36 heavy (non-hydrogen) atoms. The third kappa shape index (κ3) is 4.23. The van der Waals surface area contributed by atoms with Crippen molar-refractivity contribution in [2.75, 3.05) is 0 Å². The fourth-order valence-electron chi connectivity index (χ4n) is 6.69. The van der Waals surface area contributed by atoms with E-state index in [9.17, 15) is 21.6 Å². The molecule has 0 radical (unpaired) electrons. The normalized spacial score (nSPS) is 29.4. The summed E-state index contributed by atoms with van der Waals surface area (Å²) < 4.78 is 58.1. The third-order valence-electron chi connectivity index (χ3n) is 8.76. The quantitative estimate of drug-likeness (QED) is 0.498. The molecule has 7 nitrogen and oxygen atoms in total. The van der Waals surface area contributed by atoms with E-state index in [2.05, 4.69) is 16.4 Å². The topological polar surface area (TPSA) is 109 Å². The highest BCUT2D eigenvalue weighted by molar-refractivity contribution is 7.89. The van der Waals surface area contributed by atoms with E-state index in [4.69, 9.17) is 0 Å². The van der Waals surface area contributed by atoms with Gasteiger partial charge in [-0.3, -0.25) is 4.79 Å². The monoisotopic (exact) mass is 528 g/mol. The minimum Gasteiger partial charge on any atom is -0.289 e. The molecular formula is C27H32N2O5S2. The van der Waals surface area contributed by atoms with Gasteiger partial charge < -0.3 is 0 Å². The Morgan fingerprint density at radius 3 is 1.81 bits per heavy atom. The highest BCUT2D eigenvalue weighted by Crippen LogP contribution is 2.45. The summed E-state index contributed by atoms with van der Waals surface area (Å²) in [4.78, 5) is 13.4. The second-order valence-corrected chi connectivity index (χ2v) is 14.7. The van der Waals surface area contributed by atoms with Crippen molar-refractivity contribution in [2.45, 2.75) is 80.2 Å². The molecule has 2 aromatic rings. The van der Waals surface area contributed by atoms with Crippen LogP contribution in [0.3, 0.4) is 0 Å². The minimum atomic E-state index is -3.77. The Hall–Kier alpha value is -2.07. The molecule has 4 aliphatic carbocycles. The van der Waals surface area contributed by atoms with Crippen LogP contribution in [0.1, 0.15) is 74.2 Å². The summed E-state index contributed by atoms with van der Waals surface area (Å²) in [5.41, 5.74) is 1.85. The number of hydrogen-bond donors (Lipinski definition) is 2. The van der Waals surface area contributed by atoms with E-state index in [-0.39, 0.29) is 27.7 Å². The zero-order valence-electron chi connectivity index (χ0n) is 20.4. The van der Waals surface area contributed by atoms with Gasteiger partial charge in [0, 0.05) is 23.2 Å². The van der Waals surface area contributed by atoms with Gasteiger partial charge in [-0.25, -0.2) is 26.3 Å². The smallest absolute Gasteiger partial charge is 0.240 e. The Bertz CT molecular complexity index is 1440. The number of ketones is 1. The molecule has 2 bridgehead atoms. The molecular weight excluding hydrogens is 496 g/mol. The third-order valence-corrected chi connectivity index (χ3v) is 11.8. The molecule has 9 heteroatoms. The maximum absolute atomic E-state index is 13.3. The number of carbonyl (C=O) groups is 1. The summed E-state index contributed by atoms with van der Waals surface area (Å²) in [5.74, 6) is 1.27. The van der Waals surface area contributed by atoms with E-state index < -0.39 is 20.0 Å². The van der Waals surface area contributed by atoms with Crippen LogP contribution < -0.4 is 9.44 Å².